The summed E-state index contributed by atoms with van der Waals surface area (Å²) in [5, 5.41) is 6.57. The Hall–Kier alpha value is -2.99. The molecule has 7 heteroatoms. The molecule has 2 N–H and O–H groups in total. The zero-order valence-corrected chi connectivity index (χ0v) is 15.2. The van der Waals surface area contributed by atoms with Crippen molar-refractivity contribution in [3.05, 3.63) is 88.5 Å². The number of aromatic nitrogens is 2. The molecule has 0 saturated heterocycles. The van der Waals surface area contributed by atoms with Crippen molar-refractivity contribution < 1.29 is 9.18 Å². The van der Waals surface area contributed by atoms with E-state index in [1.54, 1.807) is 18.2 Å². The first-order chi connectivity index (χ1) is 13.1. The van der Waals surface area contributed by atoms with Gasteiger partial charge < -0.3 is 10.6 Å². The average molecular weight is 385 g/mol. The van der Waals surface area contributed by atoms with Crippen LogP contribution in [-0.4, -0.2) is 22.4 Å². The van der Waals surface area contributed by atoms with E-state index in [1.807, 2.05) is 24.3 Å². The number of hydrogen-bond acceptors (Lipinski definition) is 4. The molecule has 0 spiro atoms. The van der Waals surface area contributed by atoms with Gasteiger partial charge in [0.2, 0.25) is 5.95 Å². The van der Waals surface area contributed by atoms with Gasteiger partial charge in [-0.05, 0) is 47.9 Å². The third kappa shape index (κ3) is 5.76. The molecule has 1 heterocycles. The molecule has 5 nitrogen and oxygen atoms in total. The molecule has 3 aromatic rings. The van der Waals surface area contributed by atoms with Gasteiger partial charge in [-0.3, -0.25) is 4.79 Å². The Morgan fingerprint density at radius 3 is 2.44 bits per heavy atom. The lowest BCUT2D eigenvalue weighted by molar-refractivity contribution is 0.0946. The summed E-state index contributed by atoms with van der Waals surface area (Å²) in [7, 11) is 0. The average Bonchev–Trinajstić information content (AvgIpc) is 2.69. The molecular formula is C20H18ClFN4O. The Morgan fingerprint density at radius 2 is 1.70 bits per heavy atom. The highest BCUT2D eigenvalue weighted by molar-refractivity contribution is 6.30. The Kier molecular flexibility index (Phi) is 6.33. The second-order valence-electron chi connectivity index (χ2n) is 5.88. The second kappa shape index (κ2) is 9.09. The van der Waals surface area contributed by atoms with E-state index in [2.05, 4.69) is 20.6 Å². The van der Waals surface area contributed by atoms with Crippen LogP contribution < -0.4 is 10.6 Å². The van der Waals surface area contributed by atoms with E-state index < -0.39 is 0 Å². The fourth-order valence-corrected chi connectivity index (χ4v) is 2.54. The molecule has 0 aliphatic rings. The molecule has 1 amide bonds. The molecule has 0 aliphatic heterocycles. The normalized spacial score (nSPS) is 10.4. The van der Waals surface area contributed by atoms with Crippen molar-refractivity contribution in [2.45, 2.75) is 13.0 Å². The van der Waals surface area contributed by atoms with Gasteiger partial charge in [0, 0.05) is 24.3 Å². The quantitative estimate of drug-likeness (QED) is 0.649. The maximum Gasteiger partial charge on any atom is 0.270 e. The predicted octanol–water partition coefficient (Wildman–Crippen LogP) is 3.85. The Labute approximate surface area is 161 Å². The van der Waals surface area contributed by atoms with E-state index in [-0.39, 0.29) is 17.4 Å². The van der Waals surface area contributed by atoms with Crippen LogP contribution in [-0.2, 0) is 13.0 Å². The van der Waals surface area contributed by atoms with E-state index in [4.69, 9.17) is 11.6 Å². The molecule has 0 bridgehead atoms. The molecular weight excluding hydrogens is 367 g/mol. The Morgan fingerprint density at radius 1 is 1.00 bits per heavy atom. The molecule has 3 rings (SSSR count). The first-order valence-corrected chi connectivity index (χ1v) is 8.82. The number of hydrogen-bond donors (Lipinski definition) is 2. The van der Waals surface area contributed by atoms with Gasteiger partial charge in [-0.1, -0.05) is 35.9 Å². The summed E-state index contributed by atoms with van der Waals surface area (Å²) in [6, 6.07) is 15.1. The van der Waals surface area contributed by atoms with Crippen LogP contribution in [0.2, 0.25) is 5.02 Å². The molecule has 0 fully saturated rings. The van der Waals surface area contributed by atoms with E-state index in [1.165, 1.54) is 18.3 Å². The summed E-state index contributed by atoms with van der Waals surface area (Å²) in [6.07, 6.45) is 2.31. The third-order valence-electron chi connectivity index (χ3n) is 3.86. The zero-order valence-electron chi connectivity index (χ0n) is 14.5. The molecule has 0 aliphatic carbocycles. The van der Waals surface area contributed by atoms with Crippen molar-refractivity contribution in [3.63, 3.8) is 0 Å². The van der Waals surface area contributed by atoms with Crippen molar-refractivity contribution in [2.24, 2.45) is 0 Å². The third-order valence-corrected chi connectivity index (χ3v) is 4.12. The fraction of sp³-hybridized carbons (Fsp3) is 0.150. The molecule has 0 atom stereocenters. The molecule has 0 unspecified atom stereocenters. The Balaban J connectivity index is 1.52. The first kappa shape index (κ1) is 18.8. The zero-order chi connectivity index (χ0) is 19.1. The van der Waals surface area contributed by atoms with Gasteiger partial charge in [0.15, 0.2) is 0 Å². The van der Waals surface area contributed by atoms with Crippen molar-refractivity contribution in [2.75, 3.05) is 11.9 Å². The van der Waals surface area contributed by atoms with Crippen LogP contribution in [0.1, 0.15) is 21.6 Å². The fourth-order valence-electron chi connectivity index (χ4n) is 2.42. The number of carbonyl (C=O) groups excluding carboxylic acids is 1. The summed E-state index contributed by atoms with van der Waals surface area (Å²) < 4.78 is 12.9. The lowest BCUT2D eigenvalue weighted by atomic mass is 10.1. The summed E-state index contributed by atoms with van der Waals surface area (Å²) in [5.74, 6) is -0.240. The number of nitrogens with one attached hydrogen (secondary N) is 2. The van der Waals surface area contributed by atoms with Crippen LogP contribution in [0.5, 0.6) is 0 Å². The highest BCUT2D eigenvalue weighted by Gasteiger charge is 2.08. The monoisotopic (exact) mass is 384 g/mol. The second-order valence-corrected chi connectivity index (χ2v) is 6.31. The van der Waals surface area contributed by atoms with Gasteiger partial charge in [-0.25, -0.2) is 14.4 Å². The van der Waals surface area contributed by atoms with Crippen LogP contribution in [0.3, 0.4) is 0 Å². The predicted molar refractivity (Wildman–Crippen MR) is 103 cm³/mol. The number of benzene rings is 2. The number of anilines is 1. The van der Waals surface area contributed by atoms with Crippen LogP contribution >= 0.6 is 11.6 Å². The molecule has 138 valence electrons. The van der Waals surface area contributed by atoms with Gasteiger partial charge in [0.25, 0.3) is 5.91 Å². The lowest BCUT2D eigenvalue weighted by Crippen LogP contribution is -2.24. The van der Waals surface area contributed by atoms with Crippen molar-refractivity contribution in [1.82, 2.24) is 15.3 Å². The molecule has 0 radical (unpaired) electrons. The number of halogens is 2. The van der Waals surface area contributed by atoms with Gasteiger partial charge in [-0.2, -0.15) is 0 Å². The van der Waals surface area contributed by atoms with Crippen molar-refractivity contribution >= 4 is 23.5 Å². The highest BCUT2D eigenvalue weighted by atomic mass is 35.5. The van der Waals surface area contributed by atoms with Crippen LogP contribution in [0, 0.1) is 5.82 Å². The number of amides is 1. The van der Waals surface area contributed by atoms with E-state index in [9.17, 15) is 9.18 Å². The van der Waals surface area contributed by atoms with E-state index in [0.29, 0.717) is 24.1 Å². The number of nitrogens with zero attached hydrogens (tertiary/aromatic N) is 2. The lowest BCUT2D eigenvalue weighted by Gasteiger charge is -2.08. The van der Waals surface area contributed by atoms with Crippen LogP contribution in [0.15, 0.2) is 60.8 Å². The minimum absolute atomic E-state index is 0.265. The SMILES string of the molecule is O=C(NCc1ccc(F)cc1)c1ccnc(NCCc2ccc(Cl)cc2)n1. The first-order valence-electron chi connectivity index (χ1n) is 8.44. The highest BCUT2D eigenvalue weighted by Crippen LogP contribution is 2.10. The maximum atomic E-state index is 12.9. The standard InChI is InChI=1S/C20H18ClFN4O/c21-16-5-1-14(2-6-16)9-11-23-20-24-12-10-18(26-20)19(27)25-13-15-3-7-17(22)8-4-15/h1-8,10,12H,9,11,13H2,(H,25,27)(H,23,24,26). The van der Waals surface area contributed by atoms with Crippen LogP contribution in [0.4, 0.5) is 10.3 Å². The molecule has 1 aromatic heterocycles. The van der Waals surface area contributed by atoms with Gasteiger partial charge >= 0.3 is 0 Å². The largest absolute Gasteiger partial charge is 0.354 e. The van der Waals surface area contributed by atoms with E-state index in [0.717, 1.165) is 17.5 Å². The smallest absolute Gasteiger partial charge is 0.270 e. The topological polar surface area (TPSA) is 66.9 Å². The van der Waals surface area contributed by atoms with Crippen molar-refractivity contribution in [3.8, 4) is 0 Å². The summed E-state index contributed by atoms with van der Waals surface area (Å²) in [4.78, 5) is 20.6. The minimum Gasteiger partial charge on any atom is -0.354 e. The van der Waals surface area contributed by atoms with Gasteiger partial charge in [0.1, 0.15) is 11.5 Å². The molecule has 27 heavy (non-hydrogen) atoms. The summed E-state index contributed by atoms with van der Waals surface area (Å²) in [6.45, 7) is 0.921. The van der Waals surface area contributed by atoms with Crippen molar-refractivity contribution in [1.29, 1.82) is 0 Å². The Bertz CT molecular complexity index is 901. The maximum absolute atomic E-state index is 12.9. The molecule has 0 saturated carbocycles. The number of carbonyl (C=O) groups is 1. The van der Waals surface area contributed by atoms with Crippen LogP contribution in [0.25, 0.3) is 0 Å². The molecule has 2 aromatic carbocycles. The van der Waals surface area contributed by atoms with E-state index >= 15 is 0 Å². The summed E-state index contributed by atoms with van der Waals surface area (Å²) in [5.41, 5.74) is 2.21. The number of rotatable bonds is 7. The van der Waals surface area contributed by atoms with Gasteiger partial charge in [0.05, 0.1) is 0 Å². The van der Waals surface area contributed by atoms with Gasteiger partial charge in [-0.15, -0.1) is 0 Å². The minimum atomic E-state index is -0.317. The summed E-state index contributed by atoms with van der Waals surface area (Å²) >= 11 is 5.87.